The third-order valence-electron chi connectivity index (χ3n) is 3.15. The number of imidazole rings is 1. The summed E-state index contributed by atoms with van der Waals surface area (Å²) in [6.07, 6.45) is 5.73. The van der Waals surface area contributed by atoms with Crippen LogP contribution < -0.4 is 5.69 Å². The van der Waals surface area contributed by atoms with Crippen LogP contribution >= 0.6 is 15.9 Å². The lowest BCUT2D eigenvalue weighted by molar-refractivity contribution is 0.0600. The fraction of sp³-hybridized carbons (Fsp3) is 0.188. The van der Waals surface area contributed by atoms with E-state index < -0.39 is 11.8 Å². The highest BCUT2D eigenvalue weighted by molar-refractivity contribution is 9.12. The third kappa shape index (κ3) is 4.29. The second-order valence-corrected chi connectivity index (χ2v) is 5.66. The highest BCUT2D eigenvalue weighted by Gasteiger charge is 2.08. The number of pyridine rings is 1. The number of allylic oxidation sites excluding steroid dienone is 3. The summed E-state index contributed by atoms with van der Waals surface area (Å²) in [5, 5.41) is 0. The SMILES string of the molecule is C/C=C(F)\C(Br)=C/c1cn(Cc2ccc(C(=O)OC)cn2)c(=O)[nH]1. The number of methoxy groups -OCH3 is 1. The quantitative estimate of drug-likeness (QED) is 0.623. The van der Waals surface area contributed by atoms with Gasteiger partial charge in [-0.15, -0.1) is 0 Å². The zero-order chi connectivity index (χ0) is 17.7. The Labute approximate surface area is 145 Å². The van der Waals surface area contributed by atoms with Gasteiger partial charge in [-0.05, 0) is 41.1 Å². The number of hydrogen-bond acceptors (Lipinski definition) is 4. The van der Waals surface area contributed by atoms with Crippen LogP contribution in [0, 0.1) is 0 Å². The molecule has 0 radical (unpaired) electrons. The number of nitrogens with zero attached hydrogens (tertiary/aromatic N) is 2. The first-order chi connectivity index (χ1) is 11.4. The lowest BCUT2D eigenvalue weighted by Gasteiger charge is -2.02. The average molecular weight is 396 g/mol. The van der Waals surface area contributed by atoms with E-state index in [-0.39, 0.29) is 16.7 Å². The first kappa shape index (κ1) is 17.9. The van der Waals surface area contributed by atoms with Crippen molar-refractivity contribution in [1.82, 2.24) is 14.5 Å². The molecule has 0 aromatic carbocycles. The smallest absolute Gasteiger partial charge is 0.339 e. The maximum atomic E-state index is 13.4. The fourth-order valence-electron chi connectivity index (χ4n) is 1.92. The maximum absolute atomic E-state index is 13.4. The van der Waals surface area contributed by atoms with E-state index in [1.165, 1.54) is 30.0 Å². The molecule has 0 saturated carbocycles. The number of H-pyrrole nitrogens is 1. The van der Waals surface area contributed by atoms with Crippen molar-refractivity contribution < 1.29 is 13.9 Å². The Bertz CT molecular complexity index is 850. The van der Waals surface area contributed by atoms with E-state index in [0.29, 0.717) is 17.0 Å². The minimum Gasteiger partial charge on any atom is -0.465 e. The summed E-state index contributed by atoms with van der Waals surface area (Å²) in [7, 11) is 1.29. The van der Waals surface area contributed by atoms with Crippen LogP contribution in [-0.4, -0.2) is 27.6 Å². The number of halogens is 2. The molecule has 0 unspecified atom stereocenters. The number of aromatic amines is 1. The molecule has 0 aliphatic heterocycles. The second-order valence-electron chi connectivity index (χ2n) is 4.80. The van der Waals surface area contributed by atoms with Crippen molar-refractivity contribution >= 4 is 28.0 Å². The normalized spacial score (nSPS) is 12.3. The first-order valence-electron chi connectivity index (χ1n) is 6.96. The molecule has 0 aliphatic carbocycles. The van der Waals surface area contributed by atoms with E-state index in [9.17, 15) is 14.0 Å². The number of hydrogen-bond donors (Lipinski definition) is 1. The van der Waals surface area contributed by atoms with Crippen LogP contribution in [0.2, 0.25) is 0 Å². The Hall–Kier alpha value is -2.48. The molecule has 6 nitrogen and oxygen atoms in total. The van der Waals surface area contributed by atoms with Crippen LogP contribution in [-0.2, 0) is 11.3 Å². The predicted molar refractivity (Wildman–Crippen MR) is 91.5 cm³/mol. The number of carbonyl (C=O) groups excluding carboxylic acids is 1. The molecule has 1 N–H and O–H groups in total. The molecule has 0 aliphatic rings. The number of rotatable bonds is 5. The number of ether oxygens (including phenoxy) is 1. The highest BCUT2D eigenvalue weighted by Crippen LogP contribution is 2.20. The first-order valence-corrected chi connectivity index (χ1v) is 7.76. The number of aromatic nitrogens is 3. The molecular weight excluding hydrogens is 381 g/mol. The monoisotopic (exact) mass is 395 g/mol. The van der Waals surface area contributed by atoms with Gasteiger partial charge in [0.05, 0.1) is 35.1 Å². The summed E-state index contributed by atoms with van der Waals surface area (Å²) in [5.41, 5.74) is 1.03. The molecule has 126 valence electrons. The van der Waals surface area contributed by atoms with Gasteiger partial charge in [0.2, 0.25) is 0 Å². The van der Waals surface area contributed by atoms with Gasteiger partial charge in [0.15, 0.2) is 0 Å². The Morgan fingerprint density at radius 3 is 2.83 bits per heavy atom. The summed E-state index contributed by atoms with van der Waals surface area (Å²) in [4.78, 5) is 30.0. The number of esters is 1. The number of carbonyl (C=O) groups is 1. The van der Waals surface area contributed by atoms with Gasteiger partial charge in [0.1, 0.15) is 5.83 Å². The van der Waals surface area contributed by atoms with Gasteiger partial charge >= 0.3 is 11.7 Å². The molecule has 2 aromatic rings. The van der Waals surface area contributed by atoms with E-state index >= 15 is 0 Å². The van der Waals surface area contributed by atoms with E-state index in [2.05, 4.69) is 30.6 Å². The van der Waals surface area contributed by atoms with Crippen LogP contribution in [0.1, 0.15) is 28.7 Å². The second kappa shape index (κ2) is 7.87. The topological polar surface area (TPSA) is 77.0 Å². The molecule has 2 rings (SSSR count). The molecule has 0 fully saturated rings. The zero-order valence-corrected chi connectivity index (χ0v) is 14.6. The Kier molecular flexibility index (Phi) is 5.86. The lowest BCUT2D eigenvalue weighted by atomic mass is 10.2. The van der Waals surface area contributed by atoms with Crippen molar-refractivity contribution in [2.45, 2.75) is 13.5 Å². The van der Waals surface area contributed by atoms with Crippen LogP contribution in [0.3, 0.4) is 0 Å². The molecule has 2 aromatic heterocycles. The largest absolute Gasteiger partial charge is 0.465 e. The molecule has 0 atom stereocenters. The molecule has 0 amide bonds. The van der Waals surface area contributed by atoms with Gasteiger partial charge in [0, 0.05) is 12.4 Å². The molecule has 0 spiro atoms. The third-order valence-corrected chi connectivity index (χ3v) is 3.76. The van der Waals surface area contributed by atoms with E-state index in [4.69, 9.17) is 0 Å². The predicted octanol–water partition coefficient (Wildman–Crippen LogP) is 3.02. The van der Waals surface area contributed by atoms with E-state index in [0.717, 1.165) is 0 Å². The standard InChI is InChI=1S/C16H15BrFN3O3/c1-3-14(18)13(17)6-12-9-21(16(23)20-12)8-11-5-4-10(7-19-11)15(22)24-2/h3-7,9H,8H2,1-2H3,(H,20,23)/b13-6+,14-3+. The Morgan fingerprint density at radius 1 is 1.50 bits per heavy atom. The fourth-order valence-corrected chi connectivity index (χ4v) is 2.39. The maximum Gasteiger partial charge on any atom is 0.339 e. The van der Waals surface area contributed by atoms with Crippen molar-refractivity contribution in [3.63, 3.8) is 0 Å². The summed E-state index contributed by atoms with van der Waals surface area (Å²) < 4.78 is 19.6. The van der Waals surface area contributed by atoms with Crippen LogP contribution in [0.5, 0.6) is 0 Å². The summed E-state index contributed by atoms with van der Waals surface area (Å²) in [5.74, 6) is -0.903. The molecule has 24 heavy (non-hydrogen) atoms. The van der Waals surface area contributed by atoms with Gasteiger partial charge in [-0.3, -0.25) is 9.55 Å². The van der Waals surface area contributed by atoms with Gasteiger partial charge in [-0.2, -0.15) is 0 Å². The molecule has 2 heterocycles. The Morgan fingerprint density at radius 2 is 2.25 bits per heavy atom. The molecule has 0 bridgehead atoms. The van der Waals surface area contributed by atoms with Crippen LogP contribution in [0.15, 0.2) is 45.7 Å². The summed E-state index contributed by atoms with van der Waals surface area (Å²) in [6.45, 7) is 1.79. The summed E-state index contributed by atoms with van der Waals surface area (Å²) in [6, 6.07) is 3.21. The number of nitrogens with one attached hydrogen (secondary N) is 1. The zero-order valence-electron chi connectivity index (χ0n) is 13.0. The molecular formula is C16H15BrFN3O3. The van der Waals surface area contributed by atoms with Crippen LogP contribution in [0.25, 0.3) is 6.08 Å². The van der Waals surface area contributed by atoms with Gasteiger partial charge in [-0.1, -0.05) is 6.08 Å². The lowest BCUT2D eigenvalue weighted by Crippen LogP contribution is -2.17. The average Bonchev–Trinajstić information content (AvgIpc) is 2.93. The highest BCUT2D eigenvalue weighted by atomic mass is 79.9. The van der Waals surface area contributed by atoms with E-state index in [1.54, 1.807) is 25.3 Å². The van der Waals surface area contributed by atoms with E-state index in [1.807, 2.05) is 0 Å². The minimum atomic E-state index is -0.476. The van der Waals surface area contributed by atoms with Gasteiger partial charge < -0.3 is 9.72 Å². The van der Waals surface area contributed by atoms with Gasteiger partial charge in [0.25, 0.3) is 0 Å². The van der Waals surface area contributed by atoms with Crippen LogP contribution in [0.4, 0.5) is 4.39 Å². The van der Waals surface area contributed by atoms with Crippen molar-refractivity contribution in [3.8, 4) is 0 Å². The van der Waals surface area contributed by atoms with Crippen molar-refractivity contribution in [3.05, 3.63) is 68.3 Å². The van der Waals surface area contributed by atoms with Crippen molar-refractivity contribution in [2.24, 2.45) is 0 Å². The molecule has 0 saturated heterocycles. The van der Waals surface area contributed by atoms with Crippen molar-refractivity contribution in [2.75, 3.05) is 7.11 Å². The van der Waals surface area contributed by atoms with Gasteiger partial charge in [-0.25, -0.2) is 14.0 Å². The molecule has 8 heteroatoms. The minimum absolute atomic E-state index is 0.217. The van der Waals surface area contributed by atoms with Crippen molar-refractivity contribution in [1.29, 1.82) is 0 Å². The Balaban J connectivity index is 2.19. The summed E-state index contributed by atoms with van der Waals surface area (Å²) >= 11 is 3.10.